The first-order valence-electron chi connectivity index (χ1n) is 6.04. The zero-order valence-corrected chi connectivity index (χ0v) is 11.5. The van der Waals surface area contributed by atoms with E-state index in [4.69, 9.17) is 5.11 Å². The van der Waals surface area contributed by atoms with Crippen molar-refractivity contribution in [3.63, 3.8) is 0 Å². The zero-order chi connectivity index (χ0) is 14.3. The van der Waals surface area contributed by atoms with Crippen LogP contribution in [0.25, 0.3) is 11.0 Å². The minimum absolute atomic E-state index is 0.173. The number of aromatic amines is 1. The van der Waals surface area contributed by atoms with E-state index in [2.05, 4.69) is 4.98 Å². The molecule has 3 rings (SSSR count). The van der Waals surface area contributed by atoms with E-state index in [1.54, 1.807) is 22.0 Å². The summed E-state index contributed by atoms with van der Waals surface area (Å²) in [5.41, 5.74) is 3.40. The number of aromatic nitrogens is 2. The summed E-state index contributed by atoms with van der Waals surface area (Å²) in [7, 11) is 0. The Balaban J connectivity index is 2.16. The molecule has 0 amide bonds. The predicted octanol–water partition coefficient (Wildman–Crippen LogP) is 2.45. The number of hydrogen-bond acceptors (Lipinski definition) is 3. The molecule has 0 unspecified atom stereocenters. The molecule has 20 heavy (non-hydrogen) atoms. The number of rotatable bonds is 3. The third-order valence-corrected chi connectivity index (χ3v) is 4.22. The van der Waals surface area contributed by atoms with Crippen LogP contribution in [0, 0.1) is 6.92 Å². The Morgan fingerprint density at radius 3 is 2.85 bits per heavy atom. The van der Waals surface area contributed by atoms with E-state index in [9.17, 15) is 9.59 Å². The van der Waals surface area contributed by atoms with Gasteiger partial charge in [0, 0.05) is 0 Å². The molecular formula is C14H12N2O3S. The average molecular weight is 288 g/mol. The highest BCUT2D eigenvalue weighted by atomic mass is 32.1. The molecule has 0 aliphatic rings. The first kappa shape index (κ1) is 12.7. The highest BCUT2D eigenvalue weighted by Crippen LogP contribution is 2.18. The van der Waals surface area contributed by atoms with Gasteiger partial charge in [-0.3, -0.25) is 4.57 Å². The van der Waals surface area contributed by atoms with Crippen LogP contribution in [0.15, 0.2) is 33.8 Å². The third-order valence-electron chi connectivity index (χ3n) is 3.31. The first-order chi connectivity index (χ1) is 9.56. The lowest BCUT2D eigenvalue weighted by Gasteiger charge is -2.03. The van der Waals surface area contributed by atoms with Gasteiger partial charge in [-0.2, -0.15) is 11.3 Å². The zero-order valence-electron chi connectivity index (χ0n) is 10.7. The van der Waals surface area contributed by atoms with E-state index in [1.807, 2.05) is 17.7 Å². The molecular weight excluding hydrogens is 276 g/mol. The number of H-pyrrole nitrogens is 1. The minimum Gasteiger partial charge on any atom is -0.478 e. The van der Waals surface area contributed by atoms with Crippen molar-refractivity contribution in [3.05, 3.63) is 56.1 Å². The van der Waals surface area contributed by atoms with Crippen molar-refractivity contribution in [2.75, 3.05) is 0 Å². The fourth-order valence-electron chi connectivity index (χ4n) is 2.16. The van der Waals surface area contributed by atoms with Gasteiger partial charge in [0.25, 0.3) is 0 Å². The van der Waals surface area contributed by atoms with Gasteiger partial charge in [0.2, 0.25) is 0 Å². The van der Waals surface area contributed by atoms with Crippen molar-refractivity contribution in [3.8, 4) is 0 Å². The summed E-state index contributed by atoms with van der Waals surface area (Å²) in [5, 5.41) is 13.1. The van der Waals surface area contributed by atoms with Crippen LogP contribution in [0.4, 0.5) is 0 Å². The Morgan fingerprint density at radius 2 is 2.20 bits per heavy atom. The molecule has 0 saturated heterocycles. The summed E-state index contributed by atoms with van der Waals surface area (Å²) in [6.45, 7) is 2.44. The van der Waals surface area contributed by atoms with E-state index < -0.39 is 5.97 Å². The van der Waals surface area contributed by atoms with Crippen LogP contribution >= 0.6 is 11.3 Å². The second-order valence-corrected chi connectivity index (χ2v) is 5.38. The molecule has 0 spiro atoms. The monoisotopic (exact) mass is 288 g/mol. The molecule has 3 aromatic rings. The highest BCUT2D eigenvalue weighted by Gasteiger charge is 2.11. The number of imidazole rings is 1. The van der Waals surface area contributed by atoms with Crippen LogP contribution in [0.2, 0.25) is 0 Å². The molecule has 1 aromatic carbocycles. The molecule has 2 N–H and O–H groups in total. The number of aromatic carboxylic acids is 1. The van der Waals surface area contributed by atoms with E-state index >= 15 is 0 Å². The molecule has 0 fully saturated rings. The molecule has 0 bridgehead atoms. The van der Waals surface area contributed by atoms with E-state index in [-0.39, 0.29) is 11.3 Å². The van der Waals surface area contributed by atoms with Crippen molar-refractivity contribution >= 4 is 28.3 Å². The van der Waals surface area contributed by atoms with E-state index in [1.165, 1.54) is 12.1 Å². The fraction of sp³-hybridized carbons (Fsp3) is 0.143. The maximum atomic E-state index is 12.0. The van der Waals surface area contributed by atoms with Gasteiger partial charge in [-0.25, -0.2) is 9.59 Å². The van der Waals surface area contributed by atoms with Gasteiger partial charge in [-0.05, 0) is 47.0 Å². The Labute approximate surface area is 118 Å². The molecule has 2 aromatic heterocycles. The molecule has 102 valence electrons. The van der Waals surface area contributed by atoms with Crippen LogP contribution in [0.1, 0.15) is 21.5 Å². The Kier molecular flexibility index (Phi) is 2.94. The van der Waals surface area contributed by atoms with Gasteiger partial charge in [-0.15, -0.1) is 0 Å². The number of carboxylic acid groups (broad SMARTS) is 1. The Morgan fingerprint density at radius 1 is 1.40 bits per heavy atom. The molecule has 0 radical (unpaired) electrons. The van der Waals surface area contributed by atoms with Gasteiger partial charge in [0.05, 0.1) is 23.1 Å². The second kappa shape index (κ2) is 4.64. The molecule has 0 saturated carbocycles. The lowest BCUT2D eigenvalue weighted by molar-refractivity contribution is 0.0697. The molecule has 6 heteroatoms. The Bertz CT molecular complexity index is 857. The van der Waals surface area contributed by atoms with Crippen LogP contribution < -0.4 is 5.69 Å². The fourth-order valence-corrected chi connectivity index (χ4v) is 3.01. The number of benzene rings is 1. The maximum Gasteiger partial charge on any atom is 0.335 e. The van der Waals surface area contributed by atoms with Crippen molar-refractivity contribution in [2.24, 2.45) is 0 Å². The molecule has 0 aliphatic heterocycles. The number of carbonyl (C=O) groups is 1. The van der Waals surface area contributed by atoms with Crippen LogP contribution in [0.3, 0.4) is 0 Å². The number of nitrogens with zero attached hydrogens (tertiary/aromatic N) is 1. The van der Waals surface area contributed by atoms with Gasteiger partial charge < -0.3 is 10.1 Å². The van der Waals surface area contributed by atoms with Gasteiger partial charge in [0.1, 0.15) is 0 Å². The summed E-state index contributed by atoms with van der Waals surface area (Å²) in [4.78, 5) is 25.8. The summed E-state index contributed by atoms with van der Waals surface area (Å²) in [5.74, 6) is -1.00. The Hall–Kier alpha value is -2.34. The second-order valence-electron chi connectivity index (χ2n) is 4.63. The van der Waals surface area contributed by atoms with E-state index in [0.29, 0.717) is 17.6 Å². The number of thiophene rings is 1. The number of aryl methyl sites for hydroxylation is 1. The van der Waals surface area contributed by atoms with Crippen molar-refractivity contribution in [1.82, 2.24) is 9.55 Å². The maximum absolute atomic E-state index is 12.0. The topological polar surface area (TPSA) is 75.1 Å². The van der Waals surface area contributed by atoms with Crippen molar-refractivity contribution < 1.29 is 9.90 Å². The summed E-state index contributed by atoms with van der Waals surface area (Å²) in [6, 6.07) is 4.63. The average Bonchev–Trinajstić information content (AvgIpc) is 2.94. The normalized spacial score (nSPS) is 11.1. The number of fused-ring (bicyclic) bond motifs is 1. The van der Waals surface area contributed by atoms with Crippen LogP contribution in [-0.4, -0.2) is 20.6 Å². The van der Waals surface area contributed by atoms with Gasteiger partial charge in [0.15, 0.2) is 0 Å². The lowest BCUT2D eigenvalue weighted by Crippen LogP contribution is -2.17. The van der Waals surface area contributed by atoms with Crippen molar-refractivity contribution in [2.45, 2.75) is 13.5 Å². The molecule has 0 atom stereocenters. The summed E-state index contributed by atoms with van der Waals surface area (Å²) in [6.07, 6.45) is 0. The number of hydrogen-bond donors (Lipinski definition) is 2. The number of carboxylic acids is 1. The summed E-state index contributed by atoms with van der Waals surface area (Å²) >= 11 is 1.59. The number of nitrogens with one attached hydrogen (secondary N) is 1. The quantitative estimate of drug-likeness (QED) is 0.777. The smallest absolute Gasteiger partial charge is 0.335 e. The summed E-state index contributed by atoms with van der Waals surface area (Å²) < 4.78 is 1.57. The standard InChI is InChI=1S/C14H12N2O3S/c1-8-6-20-7-10(8)5-16-12-4-9(13(17)18)2-3-11(12)15-14(16)19/h2-4,6-7H,5H2,1H3,(H,15,19)(H,17,18). The third kappa shape index (κ3) is 2.04. The molecule has 5 nitrogen and oxygen atoms in total. The van der Waals surface area contributed by atoms with E-state index in [0.717, 1.165) is 11.1 Å². The molecule has 2 heterocycles. The highest BCUT2D eigenvalue weighted by molar-refractivity contribution is 7.08. The van der Waals surface area contributed by atoms with Gasteiger partial charge in [-0.1, -0.05) is 0 Å². The lowest BCUT2D eigenvalue weighted by atomic mass is 10.2. The minimum atomic E-state index is -1.00. The first-order valence-corrected chi connectivity index (χ1v) is 6.98. The van der Waals surface area contributed by atoms with Crippen LogP contribution in [-0.2, 0) is 6.54 Å². The SMILES string of the molecule is Cc1cscc1Cn1c(=O)[nH]c2ccc(C(=O)O)cc21. The van der Waals surface area contributed by atoms with Crippen LogP contribution in [0.5, 0.6) is 0 Å². The largest absolute Gasteiger partial charge is 0.478 e. The molecule has 0 aliphatic carbocycles. The van der Waals surface area contributed by atoms with Gasteiger partial charge >= 0.3 is 11.7 Å². The predicted molar refractivity (Wildman–Crippen MR) is 77.7 cm³/mol. The van der Waals surface area contributed by atoms with Crippen molar-refractivity contribution in [1.29, 1.82) is 0 Å².